The van der Waals surface area contributed by atoms with Gasteiger partial charge in [-0.3, -0.25) is 4.79 Å². The number of nitrogens with two attached hydrogens (primary N) is 1. The number of carbonyl (C=O) groups excluding carboxylic acids is 1. The van der Waals surface area contributed by atoms with Crippen LogP contribution < -0.4 is 10.6 Å². The van der Waals surface area contributed by atoms with Gasteiger partial charge in [-0.25, -0.2) is 0 Å². The number of amides is 1. The van der Waals surface area contributed by atoms with E-state index in [-0.39, 0.29) is 5.91 Å². The topological polar surface area (TPSA) is 59.5 Å². The maximum absolute atomic E-state index is 12.4. The predicted molar refractivity (Wildman–Crippen MR) is 79.9 cm³/mol. The first kappa shape index (κ1) is 14.3. The van der Waals surface area contributed by atoms with Gasteiger partial charge in [-0.05, 0) is 29.7 Å². The summed E-state index contributed by atoms with van der Waals surface area (Å²) in [5, 5.41) is 0. The highest BCUT2D eigenvalue weighted by Gasteiger charge is 2.16. The Labute approximate surface area is 119 Å². The lowest BCUT2D eigenvalue weighted by Crippen LogP contribution is -2.25. The molecular formula is C16H20N2O2. The fourth-order valence-electron chi connectivity index (χ4n) is 2.00. The zero-order chi connectivity index (χ0) is 14.7. The minimum atomic E-state index is -0.102. The molecule has 0 bridgehead atoms. The van der Waals surface area contributed by atoms with Gasteiger partial charge in [0.2, 0.25) is 0 Å². The Morgan fingerprint density at radius 3 is 2.70 bits per heavy atom. The standard InChI is InChI=1S/C16H20N2O2/c1-11(2)12-5-4-6-14(7-12)18(3)16(19)13-8-15(9-17)20-10-13/h4-8,10-11H,9,17H2,1-3H3. The van der Waals surface area contributed by atoms with E-state index in [9.17, 15) is 4.79 Å². The van der Waals surface area contributed by atoms with Gasteiger partial charge in [0.05, 0.1) is 12.1 Å². The largest absolute Gasteiger partial charge is 0.467 e. The summed E-state index contributed by atoms with van der Waals surface area (Å²) in [6.07, 6.45) is 1.45. The van der Waals surface area contributed by atoms with Crippen molar-refractivity contribution in [3.8, 4) is 0 Å². The quantitative estimate of drug-likeness (QED) is 0.930. The van der Waals surface area contributed by atoms with Gasteiger partial charge >= 0.3 is 0 Å². The first-order valence-corrected chi connectivity index (χ1v) is 6.68. The van der Waals surface area contributed by atoms with Crippen LogP contribution in [0.2, 0.25) is 0 Å². The molecule has 2 rings (SSSR count). The second kappa shape index (κ2) is 5.92. The third kappa shape index (κ3) is 2.91. The summed E-state index contributed by atoms with van der Waals surface area (Å²) in [6.45, 7) is 4.55. The van der Waals surface area contributed by atoms with Gasteiger partial charge in [0.15, 0.2) is 0 Å². The summed E-state index contributed by atoms with van der Waals surface area (Å²) < 4.78 is 5.21. The molecule has 0 unspecified atom stereocenters. The number of furan rings is 1. The number of rotatable bonds is 4. The molecule has 4 nitrogen and oxygen atoms in total. The first-order chi connectivity index (χ1) is 9.52. The minimum absolute atomic E-state index is 0.102. The Balaban J connectivity index is 2.24. The van der Waals surface area contributed by atoms with Crippen molar-refractivity contribution in [2.75, 3.05) is 11.9 Å². The second-order valence-corrected chi connectivity index (χ2v) is 5.12. The maximum Gasteiger partial charge on any atom is 0.261 e. The number of carbonyl (C=O) groups is 1. The van der Waals surface area contributed by atoms with Crippen molar-refractivity contribution < 1.29 is 9.21 Å². The molecule has 0 atom stereocenters. The molecule has 0 spiro atoms. The Morgan fingerprint density at radius 1 is 1.35 bits per heavy atom. The van der Waals surface area contributed by atoms with Crippen LogP contribution in [0.5, 0.6) is 0 Å². The van der Waals surface area contributed by atoms with E-state index >= 15 is 0 Å². The van der Waals surface area contributed by atoms with Gasteiger partial charge in [0.1, 0.15) is 12.0 Å². The van der Waals surface area contributed by atoms with Crippen LogP contribution in [0, 0.1) is 0 Å². The molecule has 20 heavy (non-hydrogen) atoms. The molecule has 1 amide bonds. The monoisotopic (exact) mass is 272 g/mol. The Kier molecular flexibility index (Phi) is 4.25. The molecule has 2 N–H and O–H groups in total. The summed E-state index contributed by atoms with van der Waals surface area (Å²) in [6, 6.07) is 9.68. The molecule has 0 radical (unpaired) electrons. The molecule has 0 aliphatic carbocycles. The van der Waals surface area contributed by atoms with Crippen molar-refractivity contribution in [1.82, 2.24) is 0 Å². The highest BCUT2D eigenvalue weighted by atomic mass is 16.3. The molecular weight excluding hydrogens is 252 g/mol. The number of nitrogens with zero attached hydrogens (tertiary/aromatic N) is 1. The molecule has 1 heterocycles. The lowest BCUT2D eigenvalue weighted by molar-refractivity contribution is 0.0992. The van der Waals surface area contributed by atoms with E-state index in [1.54, 1.807) is 18.0 Å². The van der Waals surface area contributed by atoms with Crippen molar-refractivity contribution in [2.24, 2.45) is 5.73 Å². The van der Waals surface area contributed by atoms with Crippen molar-refractivity contribution in [3.63, 3.8) is 0 Å². The van der Waals surface area contributed by atoms with E-state index in [1.165, 1.54) is 11.8 Å². The zero-order valence-corrected chi connectivity index (χ0v) is 12.1. The van der Waals surface area contributed by atoms with Crippen LogP contribution >= 0.6 is 0 Å². The van der Waals surface area contributed by atoms with Crippen LogP contribution in [-0.4, -0.2) is 13.0 Å². The highest BCUT2D eigenvalue weighted by molar-refractivity contribution is 6.05. The molecule has 106 valence electrons. The van der Waals surface area contributed by atoms with Crippen LogP contribution in [0.25, 0.3) is 0 Å². The zero-order valence-electron chi connectivity index (χ0n) is 12.1. The maximum atomic E-state index is 12.4. The van der Waals surface area contributed by atoms with Gasteiger partial charge in [-0.15, -0.1) is 0 Å². The van der Waals surface area contributed by atoms with Gasteiger partial charge in [0.25, 0.3) is 5.91 Å². The van der Waals surface area contributed by atoms with E-state index in [4.69, 9.17) is 10.2 Å². The van der Waals surface area contributed by atoms with Gasteiger partial charge in [-0.2, -0.15) is 0 Å². The summed E-state index contributed by atoms with van der Waals surface area (Å²) in [5.41, 5.74) is 8.08. The Hall–Kier alpha value is -2.07. The fourth-order valence-corrected chi connectivity index (χ4v) is 2.00. The summed E-state index contributed by atoms with van der Waals surface area (Å²) >= 11 is 0. The minimum Gasteiger partial charge on any atom is -0.467 e. The highest BCUT2D eigenvalue weighted by Crippen LogP contribution is 2.22. The molecule has 0 aliphatic heterocycles. The molecule has 4 heteroatoms. The SMILES string of the molecule is CC(C)c1cccc(N(C)C(=O)c2coc(CN)c2)c1. The number of anilines is 1. The second-order valence-electron chi connectivity index (χ2n) is 5.12. The molecule has 1 aromatic heterocycles. The lowest BCUT2D eigenvalue weighted by Gasteiger charge is -2.18. The fraction of sp³-hybridized carbons (Fsp3) is 0.312. The Bertz CT molecular complexity index is 602. The van der Waals surface area contributed by atoms with Crippen LogP contribution in [0.4, 0.5) is 5.69 Å². The summed E-state index contributed by atoms with van der Waals surface area (Å²) in [5.74, 6) is 0.934. The van der Waals surface area contributed by atoms with Crippen molar-refractivity contribution in [2.45, 2.75) is 26.3 Å². The van der Waals surface area contributed by atoms with Crippen molar-refractivity contribution in [1.29, 1.82) is 0 Å². The predicted octanol–water partition coefficient (Wildman–Crippen LogP) is 3.14. The van der Waals surface area contributed by atoms with E-state index < -0.39 is 0 Å². The van der Waals surface area contributed by atoms with Gasteiger partial charge in [-0.1, -0.05) is 26.0 Å². The average Bonchev–Trinajstić information content (AvgIpc) is 2.94. The molecule has 0 saturated carbocycles. The molecule has 0 fully saturated rings. The summed E-state index contributed by atoms with van der Waals surface area (Å²) in [7, 11) is 1.76. The third-order valence-corrected chi connectivity index (χ3v) is 3.33. The third-order valence-electron chi connectivity index (χ3n) is 3.33. The molecule has 0 saturated heterocycles. The van der Waals surface area contributed by atoms with Gasteiger partial charge < -0.3 is 15.1 Å². The molecule has 0 aliphatic rings. The van der Waals surface area contributed by atoms with Crippen LogP contribution in [-0.2, 0) is 6.54 Å². The normalized spacial score (nSPS) is 10.8. The number of hydrogen-bond acceptors (Lipinski definition) is 3. The molecule has 1 aromatic carbocycles. The average molecular weight is 272 g/mol. The first-order valence-electron chi connectivity index (χ1n) is 6.68. The van der Waals surface area contributed by atoms with Crippen molar-refractivity contribution in [3.05, 3.63) is 53.5 Å². The number of hydrogen-bond donors (Lipinski definition) is 1. The van der Waals surface area contributed by atoms with Crippen LogP contribution in [0.1, 0.15) is 41.4 Å². The smallest absolute Gasteiger partial charge is 0.261 e. The van der Waals surface area contributed by atoms with Crippen molar-refractivity contribution >= 4 is 11.6 Å². The van der Waals surface area contributed by atoms with E-state index in [0.717, 1.165) is 5.69 Å². The lowest BCUT2D eigenvalue weighted by atomic mass is 10.0. The van der Waals surface area contributed by atoms with Crippen LogP contribution in [0.3, 0.4) is 0 Å². The van der Waals surface area contributed by atoms with Gasteiger partial charge in [0, 0.05) is 12.7 Å². The molecule has 2 aromatic rings. The number of benzene rings is 1. The summed E-state index contributed by atoms with van der Waals surface area (Å²) in [4.78, 5) is 14.0. The van der Waals surface area contributed by atoms with E-state index in [0.29, 0.717) is 23.8 Å². The van der Waals surface area contributed by atoms with Crippen LogP contribution in [0.15, 0.2) is 41.0 Å². The Morgan fingerprint density at radius 2 is 2.10 bits per heavy atom. The van der Waals surface area contributed by atoms with E-state index in [2.05, 4.69) is 19.9 Å². The van der Waals surface area contributed by atoms with E-state index in [1.807, 2.05) is 18.2 Å².